The Bertz CT molecular complexity index is 831. The van der Waals surface area contributed by atoms with E-state index in [1.54, 1.807) is 0 Å². The maximum absolute atomic E-state index is 12.9. The highest BCUT2D eigenvalue weighted by Crippen LogP contribution is 2.40. The first-order valence-corrected chi connectivity index (χ1v) is 10.6. The third-order valence-corrected chi connectivity index (χ3v) is 6.43. The summed E-state index contributed by atoms with van der Waals surface area (Å²) < 4.78 is 10.8. The van der Waals surface area contributed by atoms with E-state index < -0.39 is 6.10 Å². The summed E-state index contributed by atoms with van der Waals surface area (Å²) in [5, 5.41) is 3.52. The lowest BCUT2D eigenvalue weighted by molar-refractivity contribution is -0.122. The highest BCUT2D eigenvalue weighted by Gasteiger charge is 2.30. The largest absolute Gasteiger partial charge is 0.481 e. The van der Waals surface area contributed by atoms with Gasteiger partial charge in [0.2, 0.25) is 0 Å². The molecule has 2 atom stereocenters. The third-order valence-electron chi connectivity index (χ3n) is 5.26. The molecule has 150 valence electrons. The van der Waals surface area contributed by atoms with Crippen molar-refractivity contribution in [3.05, 3.63) is 46.3 Å². The fraction of sp³-hybridized carbons (Fsp3) is 0.455. The van der Waals surface area contributed by atoms with Gasteiger partial charge >= 0.3 is 5.97 Å². The number of anilines is 1. The van der Waals surface area contributed by atoms with Crippen molar-refractivity contribution in [2.24, 2.45) is 5.92 Å². The van der Waals surface area contributed by atoms with E-state index in [2.05, 4.69) is 12.2 Å². The number of methoxy groups -OCH3 is 1. The molecular weight excluding hydrogens is 374 g/mol. The molecule has 0 radical (unpaired) electrons. The quantitative estimate of drug-likeness (QED) is 0.674. The van der Waals surface area contributed by atoms with Gasteiger partial charge in [-0.3, -0.25) is 4.79 Å². The predicted molar refractivity (Wildman–Crippen MR) is 111 cm³/mol. The summed E-state index contributed by atoms with van der Waals surface area (Å²) in [6.07, 6.45) is 3.88. The van der Waals surface area contributed by atoms with Gasteiger partial charge < -0.3 is 14.8 Å². The van der Waals surface area contributed by atoms with E-state index in [9.17, 15) is 9.59 Å². The molecular formula is C22H27NO4S. The van der Waals surface area contributed by atoms with Gasteiger partial charge in [0, 0.05) is 4.88 Å². The second-order valence-electron chi connectivity index (χ2n) is 7.03. The van der Waals surface area contributed by atoms with E-state index in [1.807, 2.05) is 37.3 Å². The van der Waals surface area contributed by atoms with Crippen LogP contribution in [0.2, 0.25) is 0 Å². The molecule has 0 aliphatic heterocycles. The summed E-state index contributed by atoms with van der Waals surface area (Å²) >= 11 is 1.50. The van der Waals surface area contributed by atoms with Gasteiger partial charge in [0.1, 0.15) is 10.8 Å². The van der Waals surface area contributed by atoms with Crippen LogP contribution in [0.4, 0.5) is 5.00 Å². The van der Waals surface area contributed by atoms with Crippen LogP contribution in [0.1, 0.15) is 53.9 Å². The van der Waals surface area contributed by atoms with Gasteiger partial charge in [-0.2, -0.15) is 0 Å². The summed E-state index contributed by atoms with van der Waals surface area (Å²) in [6, 6.07) is 9.28. The molecule has 6 heteroatoms. The molecule has 1 heterocycles. The number of para-hydroxylation sites is 1. The Morgan fingerprint density at radius 2 is 2.00 bits per heavy atom. The van der Waals surface area contributed by atoms with Crippen LogP contribution in [-0.4, -0.2) is 25.1 Å². The maximum atomic E-state index is 12.9. The number of amides is 1. The number of nitrogens with one attached hydrogen (secondary N) is 1. The van der Waals surface area contributed by atoms with Crippen LogP contribution >= 0.6 is 11.3 Å². The number of thiophene rings is 1. The molecule has 0 bridgehead atoms. The summed E-state index contributed by atoms with van der Waals surface area (Å²) in [6.45, 7) is 4.10. The van der Waals surface area contributed by atoms with E-state index in [1.165, 1.54) is 23.3 Å². The Morgan fingerprint density at radius 3 is 2.64 bits per heavy atom. The van der Waals surface area contributed by atoms with Crippen LogP contribution in [0.3, 0.4) is 0 Å². The minimum atomic E-state index is -0.629. The first-order valence-electron chi connectivity index (χ1n) is 9.82. The lowest BCUT2D eigenvalue weighted by Gasteiger charge is -2.20. The Labute approximate surface area is 170 Å². The topological polar surface area (TPSA) is 64.6 Å². The number of hydrogen-bond acceptors (Lipinski definition) is 5. The zero-order valence-corrected chi connectivity index (χ0v) is 17.4. The summed E-state index contributed by atoms with van der Waals surface area (Å²) in [4.78, 5) is 26.5. The molecule has 1 amide bonds. The molecule has 0 spiro atoms. The Morgan fingerprint density at radius 1 is 1.25 bits per heavy atom. The fourth-order valence-corrected chi connectivity index (χ4v) is 4.94. The number of fused-ring (bicyclic) bond motifs is 1. The number of hydrogen-bond donors (Lipinski definition) is 1. The van der Waals surface area contributed by atoms with Crippen LogP contribution in [0.25, 0.3) is 0 Å². The van der Waals surface area contributed by atoms with Gasteiger partial charge in [0.25, 0.3) is 5.91 Å². The van der Waals surface area contributed by atoms with E-state index in [0.717, 1.165) is 31.2 Å². The summed E-state index contributed by atoms with van der Waals surface area (Å²) in [7, 11) is 1.38. The highest BCUT2D eigenvalue weighted by molar-refractivity contribution is 7.17. The normalized spacial score (nSPS) is 16.8. The number of rotatable bonds is 7. The van der Waals surface area contributed by atoms with E-state index in [0.29, 0.717) is 28.7 Å². The van der Waals surface area contributed by atoms with E-state index >= 15 is 0 Å². The van der Waals surface area contributed by atoms with Crippen molar-refractivity contribution in [1.29, 1.82) is 0 Å². The smallest absolute Gasteiger partial charge is 0.341 e. The predicted octanol–water partition coefficient (Wildman–Crippen LogP) is 4.85. The van der Waals surface area contributed by atoms with Gasteiger partial charge in [-0.1, -0.05) is 38.5 Å². The average Bonchev–Trinajstić information content (AvgIpc) is 3.08. The third kappa shape index (κ3) is 4.38. The van der Waals surface area contributed by atoms with Crippen LogP contribution in [0.5, 0.6) is 5.75 Å². The molecule has 0 saturated carbocycles. The number of carbonyl (C=O) groups is 2. The fourth-order valence-electron chi connectivity index (χ4n) is 3.59. The Kier molecular flexibility index (Phi) is 6.73. The molecule has 0 fully saturated rings. The minimum absolute atomic E-state index is 0.248. The number of benzene rings is 1. The molecule has 0 saturated heterocycles. The first-order chi connectivity index (χ1) is 13.6. The second kappa shape index (κ2) is 9.24. The molecule has 3 rings (SSSR count). The van der Waals surface area contributed by atoms with Crippen molar-refractivity contribution in [3.8, 4) is 5.75 Å². The van der Waals surface area contributed by atoms with Crippen LogP contribution in [0.15, 0.2) is 30.3 Å². The lowest BCUT2D eigenvalue weighted by Crippen LogP contribution is -2.32. The molecule has 2 aromatic rings. The number of ether oxygens (including phenoxy) is 2. The summed E-state index contributed by atoms with van der Waals surface area (Å²) in [5.74, 6) is 0.640. The van der Waals surface area contributed by atoms with Crippen molar-refractivity contribution >= 4 is 28.2 Å². The van der Waals surface area contributed by atoms with Crippen molar-refractivity contribution in [3.63, 3.8) is 0 Å². The zero-order valence-electron chi connectivity index (χ0n) is 16.6. The van der Waals surface area contributed by atoms with Crippen LogP contribution in [-0.2, 0) is 22.4 Å². The maximum Gasteiger partial charge on any atom is 0.341 e. The Balaban J connectivity index is 1.83. The van der Waals surface area contributed by atoms with Gasteiger partial charge in [-0.05, 0) is 49.3 Å². The minimum Gasteiger partial charge on any atom is -0.481 e. The van der Waals surface area contributed by atoms with Crippen molar-refractivity contribution in [1.82, 2.24) is 0 Å². The molecule has 1 aromatic carbocycles. The van der Waals surface area contributed by atoms with E-state index in [4.69, 9.17) is 9.47 Å². The van der Waals surface area contributed by atoms with Gasteiger partial charge in [0.05, 0.1) is 12.7 Å². The van der Waals surface area contributed by atoms with Crippen LogP contribution < -0.4 is 10.1 Å². The SMILES string of the molecule is CC[C@@H]1CCc2c(sc(NC(=O)[C@H](CC)Oc3ccccc3)c2C(=O)OC)C1. The van der Waals surface area contributed by atoms with Crippen molar-refractivity contribution in [2.75, 3.05) is 12.4 Å². The monoisotopic (exact) mass is 401 g/mol. The van der Waals surface area contributed by atoms with Gasteiger partial charge in [0.15, 0.2) is 6.10 Å². The molecule has 28 heavy (non-hydrogen) atoms. The number of carbonyl (C=O) groups excluding carboxylic acids is 2. The summed E-state index contributed by atoms with van der Waals surface area (Å²) in [5.41, 5.74) is 1.55. The lowest BCUT2D eigenvalue weighted by atomic mass is 9.85. The molecule has 1 aromatic heterocycles. The van der Waals surface area contributed by atoms with E-state index in [-0.39, 0.29) is 11.9 Å². The Hall–Kier alpha value is -2.34. The van der Waals surface area contributed by atoms with Gasteiger partial charge in [-0.15, -0.1) is 11.3 Å². The molecule has 1 aliphatic carbocycles. The van der Waals surface area contributed by atoms with Crippen molar-refractivity contribution in [2.45, 2.75) is 52.1 Å². The average molecular weight is 402 g/mol. The standard InChI is InChI=1S/C22H27NO4S/c1-4-14-11-12-16-18(13-14)28-21(19(16)22(25)26-3)23-20(24)17(5-2)27-15-9-7-6-8-10-15/h6-10,14,17H,4-5,11-13H2,1-3H3,(H,23,24)/t14-,17+/m1/s1. The first kappa shape index (κ1) is 20.4. The molecule has 0 unspecified atom stereocenters. The molecule has 5 nitrogen and oxygen atoms in total. The number of esters is 1. The highest BCUT2D eigenvalue weighted by atomic mass is 32.1. The molecule has 1 N–H and O–H groups in total. The second-order valence-corrected chi connectivity index (χ2v) is 8.14. The molecule has 1 aliphatic rings. The zero-order chi connectivity index (χ0) is 20.1. The van der Waals surface area contributed by atoms with Gasteiger partial charge in [-0.25, -0.2) is 4.79 Å². The van der Waals surface area contributed by atoms with Crippen LogP contribution in [0, 0.1) is 5.92 Å². The van der Waals surface area contributed by atoms with Crippen molar-refractivity contribution < 1.29 is 19.1 Å².